The van der Waals surface area contributed by atoms with Gasteiger partial charge in [0.1, 0.15) is 10.7 Å². The summed E-state index contributed by atoms with van der Waals surface area (Å²) in [5.74, 6) is -0.748. The zero-order chi connectivity index (χ0) is 17.1. The molecular formula is C17H20N2O3S. The van der Waals surface area contributed by atoms with Gasteiger partial charge in [0.05, 0.1) is 12.2 Å². The van der Waals surface area contributed by atoms with Crippen LogP contribution in [-0.4, -0.2) is 23.5 Å². The first-order chi connectivity index (χ1) is 10.8. The predicted molar refractivity (Wildman–Crippen MR) is 91.4 cm³/mol. The van der Waals surface area contributed by atoms with Crippen molar-refractivity contribution < 1.29 is 14.3 Å². The number of aromatic nitrogens is 1. The molecule has 2 heterocycles. The molecule has 0 aliphatic heterocycles. The van der Waals surface area contributed by atoms with E-state index in [0.717, 1.165) is 21.7 Å². The molecule has 0 radical (unpaired) electrons. The Hall–Kier alpha value is -2.21. The third kappa shape index (κ3) is 3.76. The van der Waals surface area contributed by atoms with Gasteiger partial charge in [0, 0.05) is 10.6 Å². The molecule has 2 rings (SSSR count). The number of esters is 1. The van der Waals surface area contributed by atoms with Gasteiger partial charge in [-0.3, -0.25) is 4.79 Å². The van der Waals surface area contributed by atoms with Crippen LogP contribution in [0.3, 0.4) is 0 Å². The van der Waals surface area contributed by atoms with Crippen LogP contribution in [0, 0.1) is 27.7 Å². The molecule has 0 unspecified atom stereocenters. The second kappa shape index (κ2) is 6.91. The van der Waals surface area contributed by atoms with E-state index >= 15 is 0 Å². The van der Waals surface area contributed by atoms with Gasteiger partial charge in [0.25, 0.3) is 5.91 Å². The second-order valence-electron chi connectivity index (χ2n) is 5.33. The maximum atomic E-state index is 12.5. The lowest BCUT2D eigenvalue weighted by Gasteiger charge is -2.08. The highest BCUT2D eigenvalue weighted by Crippen LogP contribution is 2.33. The van der Waals surface area contributed by atoms with Gasteiger partial charge < -0.3 is 10.1 Å². The minimum atomic E-state index is -0.418. The number of hydrogen-bond donors (Lipinski definition) is 1. The van der Waals surface area contributed by atoms with E-state index in [1.165, 1.54) is 11.3 Å². The van der Waals surface area contributed by atoms with Gasteiger partial charge in [-0.15, -0.1) is 11.3 Å². The standard InChI is InChI=1S/C17H20N2O3S/c1-6-22-17(21)14-11(4)12(5)23-16(14)19-15(20)13-8-9(2)7-10(3)18-13/h7-8H,6H2,1-5H3,(H,19,20). The number of nitrogens with one attached hydrogen (secondary N) is 1. The second-order valence-corrected chi connectivity index (χ2v) is 6.56. The number of ether oxygens (including phenoxy) is 1. The van der Waals surface area contributed by atoms with Crippen molar-refractivity contribution in [2.75, 3.05) is 11.9 Å². The number of nitrogens with zero attached hydrogens (tertiary/aromatic N) is 1. The van der Waals surface area contributed by atoms with Crippen molar-refractivity contribution >= 4 is 28.2 Å². The summed E-state index contributed by atoms with van der Waals surface area (Å²) in [5, 5.41) is 3.30. The van der Waals surface area contributed by atoms with Crippen LogP contribution in [-0.2, 0) is 4.74 Å². The Bertz CT molecular complexity index is 745. The smallest absolute Gasteiger partial charge is 0.341 e. The van der Waals surface area contributed by atoms with Crippen LogP contribution >= 0.6 is 11.3 Å². The highest BCUT2D eigenvalue weighted by molar-refractivity contribution is 7.16. The molecule has 6 heteroatoms. The molecule has 122 valence electrons. The van der Waals surface area contributed by atoms with Crippen LogP contribution in [0.5, 0.6) is 0 Å². The summed E-state index contributed by atoms with van der Waals surface area (Å²) < 4.78 is 5.09. The molecule has 0 fully saturated rings. The summed E-state index contributed by atoms with van der Waals surface area (Å²) in [7, 11) is 0. The Morgan fingerprint density at radius 1 is 1.22 bits per heavy atom. The number of anilines is 1. The Balaban J connectivity index is 2.34. The Kier molecular flexibility index (Phi) is 5.15. The van der Waals surface area contributed by atoms with Crippen LogP contribution in [0.15, 0.2) is 12.1 Å². The number of aryl methyl sites for hydroxylation is 3. The van der Waals surface area contributed by atoms with Crippen molar-refractivity contribution in [3.8, 4) is 0 Å². The first kappa shape index (κ1) is 17.1. The molecule has 0 aliphatic rings. The van der Waals surface area contributed by atoms with Crippen molar-refractivity contribution in [1.29, 1.82) is 0 Å². The lowest BCUT2D eigenvalue weighted by atomic mass is 10.1. The zero-order valence-corrected chi connectivity index (χ0v) is 14.8. The number of thiophene rings is 1. The van der Waals surface area contributed by atoms with Crippen LogP contribution in [0.2, 0.25) is 0 Å². The van der Waals surface area contributed by atoms with Gasteiger partial charge in [-0.25, -0.2) is 9.78 Å². The van der Waals surface area contributed by atoms with Crippen LogP contribution in [0.25, 0.3) is 0 Å². The molecule has 5 nitrogen and oxygen atoms in total. The van der Waals surface area contributed by atoms with Gasteiger partial charge in [-0.2, -0.15) is 0 Å². The van der Waals surface area contributed by atoms with E-state index in [1.807, 2.05) is 33.8 Å². The minimum absolute atomic E-state index is 0.291. The summed E-state index contributed by atoms with van der Waals surface area (Å²) in [6, 6.07) is 3.62. The fourth-order valence-electron chi connectivity index (χ4n) is 2.29. The lowest BCUT2D eigenvalue weighted by Crippen LogP contribution is -2.16. The summed E-state index contributed by atoms with van der Waals surface area (Å²) in [5.41, 5.74) is 3.33. The van der Waals surface area contributed by atoms with Gasteiger partial charge in [-0.1, -0.05) is 0 Å². The van der Waals surface area contributed by atoms with E-state index < -0.39 is 5.97 Å². The van der Waals surface area contributed by atoms with Crippen LogP contribution in [0.1, 0.15) is 49.5 Å². The Morgan fingerprint density at radius 2 is 1.91 bits per heavy atom. The molecule has 0 spiro atoms. The maximum absolute atomic E-state index is 12.5. The average molecular weight is 332 g/mol. The number of rotatable bonds is 4. The molecule has 0 bridgehead atoms. The third-order valence-electron chi connectivity index (χ3n) is 3.42. The molecular weight excluding hydrogens is 312 g/mol. The third-order valence-corrected chi connectivity index (χ3v) is 4.55. The zero-order valence-electron chi connectivity index (χ0n) is 13.9. The molecule has 0 aliphatic carbocycles. The number of hydrogen-bond acceptors (Lipinski definition) is 5. The molecule has 0 saturated carbocycles. The van der Waals surface area contributed by atoms with Gasteiger partial charge in [0.2, 0.25) is 0 Å². The van der Waals surface area contributed by atoms with E-state index in [9.17, 15) is 9.59 Å². The van der Waals surface area contributed by atoms with Gasteiger partial charge >= 0.3 is 5.97 Å². The molecule has 1 N–H and O–H groups in total. The summed E-state index contributed by atoms with van der Waals surface area (Å²) in [6.45, 7) is 9.56. The molecule has 23 heavy (non-hydrogen) atoms. The molecule has 0 atom stereocenters. The average Bonchev–Trinajstić information content (AvgIpc) is 2.73. The van der Waals surface area contributed by atoms with E-state index in [4.69, 9.17) is 4.74 Å². The van der Waals surface area contributed by atoms with Crippen molar-refractivity contribution in [3.63, 3.8) is 0 Å². The highest BCUT2D eigenvalue weighted by atomic mass is 32.1. The molecule has 0 aromatic carbocycles. The number of amides is 1. The quantitative estimate of drug-likeness (QED) is 0.865. The largest absolute Gasteiger partial charge is 0.462 e. The fraction of sp³-hybridized carbons (Fsp3) is 0.353. The van der Waals surface area contributed by atoms with Crippen molar-refractivity contribution in [3.05, 3.63) is 45.1 Å². The first-order valence-electron chi connectivity index (χ1n) is 7.37. The van der Waals surface area contributed by atoms with Gasteiger partial charge in [0.15, 0.2) is 0 Å². The van der Waals surface area contributed by atoms with E-state index in [1.54, 1.807) is 13.0 Å². The Morgan fingerprint density at radius 3 is 2.52 bits per heavy atom. The molecule has 2 aromatic rings. The van der Waals surface area contributed by atoms with E-state index in [2.05, 4.69) is 10.3 Å². The van der Waals surface area contributed by atoms with Crippen molar-refractivity contribution in [1.82, 2.24) is 4.98 Å². The van der Waals surface area contributed by atoms with Crippen LogP contribution in [0.4, 0.5) is 5.00 Å². The van der Waals surface area contributed by atoms with Crippen LogP contribution < -0.4 is 5.32 Å². The fourth-order valence-corrected chi connectivity index (χ4v) is 3.33. The number of carbonyl (C=O) groups is 2. The van der Waals surface area contributed by atoms with Gasteiger partial charge in [-0.05, 0) is 57.9 Å². The minimum Gasteiger partial charge on any atom is -0.462 e. The monoisotopic (exact) mass is 332 g/mol. The van der Waals surface area contributed by atoms with E-state index in [0.29, 0.717) is 22.9 Å². The summed E-state index contributed by atoms with van der Waals surface area (Å²) >= 11 is 1.37. The molecule has 1 amide bonds. The maximum Gasteiger partial charge on any atom is 0.341 e. The normalized spacial score (nSPS) is 10.5. The first-order valence-corrected chi connectivity index (χ1v) is 8.18. The van der Waals surface area contributed by atoms with Crippen molar-refractivity contribution in [2.24, 2.45) is 0 Å². The van der Waals surface area contributed by atoms with Crippen molar-refractivity contribution in [2.45, 2.75) is 34.6 Å². The summed E-state index contributed by atoms with van der Waals surface area (Å²) in [4.78, 5) is 29.8. The Labute approximate surface area is 139 Å². The predicted octanol–water partition coefficient (Wildman–Crippen LogP) is 3.81. The molecule has 2 aromatic heterocycles. The lowest BCUT2D eigenvalue weighted by molar-refractivity contribution is 0.0527. The number of carbonyl (C=O) groups excluding carboxylic acids is 2. The SMILES string of the molecule is CCOC(=O)c1c(NC(=O)c2cc(C)cc(C)n2)sc(C)c1C. The summed E-state index contributed by atoms with van der Waals surface area (Å²) in [6.07, 6.45) is 0. The van der Waals surface area contributed by atoms with E-state index in [-0.39, 0.29) is 5.91 Å². The highest BCUT2D eigenvalue weighted by Gasteiger charge is 2.22. The topological polar surface area (TPSA) is 68.3 Å². The number of pyridine rings is 1. The molecule has 0 saturated heterocycles.